The molecule has 1 amide bonds. The van der Waals surface area contributed by atoms with Crippen LogP contribution in [0, 0.1) is 0 Å². The SMILES string of the molecule is O=C(N[C@@H](CSSCCO)C(=O)O)OCC1c2ccccc2-c2ccccc21. The molecule has 2 aromatic carbocycles. The predicted molar refractivity (Wildman–Crippen MR) is 112 cm³/mol. The van der Waals surface area contributed by atoms with Gasteiger partial charge in [-0.05, 0) is 22.3 Å². The number of aliphatic carboxylic acids is 1. The first-order valence-electron chi connectivity index (χ1n) is 8.81. The van der Waals surface area contributed by atoms with Gasteiger partial charge in [0.1, 0.15) is 12.6 Å². The molecule has 1 aliphatic carbocycles. The van der Waals surface area contributed by atoms with Crippen molar-refractivity contribution in [2.75, 3.05) is 24.7 Å². The molecular formula is C20H21NO5S2. The molecule has 3 N–H and O–H groups in total. The zero-order valence-electron chi connectivity index (χ0n) is 15.0. The molecule has 0 radical (unpaired) electrons. The van der Waals surface area contributed by atoms with E-state index < -0.39 is 18.1 Å². The first kappa shape index (κ1) is 20.6. The molecule has 0 heterocycles. The van der Waals surface area contributed by atoms with Crippen LogP contribution in [0.25, 0.3) is 11.1 Å². The highest BCUT2D eigenvalue weighted by Gasteiger charge is 2.29. The number of hydrogen-bond donors (Lipinski definition) is 3. The van der Waals surface area contributed by atoms with Gasteiger partial charge in [-0.25, -0.2) is 9.59 Å². The molecule has 28 heavy (non-hydrogen) atoms. The molecule has 8 heteroatoms. The summed E-state index contributed by atoms with van der Waals surface area (Å²) in [5.41, 5.74) is 4.46. The van der Waals surface area contributed by atoms with Gasteiger partial charge in [-0.1, -0.05) is 70.1 Å². The highest BCUT2D eigenvalue weighted by molar-refractivity contribution is 8.76. The van der Waals surface area contributed by atoms with Gasteiger partial charge >= 0.3 is 12.1 Å². The molecule has 0 unspecified atom stereocenters. The van der Waals surface area contributed by atoms with Crippen molar-refractivity contribution in [2.24, 2.45) is 0 Å². The number of alkyl carbamates (subject to hydrolysis) is 1. The number of carboxylic acids is 1. The molecule has 148 valence electrons. The van der Waals surface area contributed by atoms with Crippen molar-refractivity contribution in [3.63, 3.8) is 0 Å². The average Bonchev–Trinajstić information content (AvgIpc) is 3.02. The number of ether oxygens (including phenoxy) is 1. The summed E-state index contributed by atoms with van der Waals surface area (Å²) in [7, 11) is 2.64. The molecule has 2 aromatic rings. The van der Waals surface area contributed by atoms with Gasteiger partial charge < -0.3 is 20.3 Å². The standard InChI is InChI=1S/C20H21NO5S2/c22-9-10-27-28-12-18(19(23)24)21-20(25)26-11-17-15-7-3-1-5-13(15)14-6-2-4-8-16(14)17/h1-8,17-18,22H,9-12H2,(H,21,25)(H,23,24)/t18-/m0/s1. The quantitative estimate of drug-likeness (QED) is 0.424. The summed E-state index contributed by atoms with van der Waals surface area (Å²) in [5, 5.41) is 20.4. The minimum absolute atomic E-state index is 0.0230. The molecule has 0 aromatic heterocycles. The number of carboxylic acid groups (broad SMARTS) is 1. The molecular weight excluding hydrogens is 398 g/mol. The second-order valence-electron chi connectivity index (χ2n) is 6.19. The van der Waals surface area contributed by atoms with Gasteiger partial charge in [0.15, 0.2) is 0 Å². The van der Waals surface area contributed by atoms with Crippen LogP contribution in [0.4, 0.5) is 4.79 Å². The van der Waals surface area contributed by atoms with Gasteiger partial charge in [0.25, 0.3) is 0 Å². The lowest BCUT2D eigenvalue weighted by molar-refractivity contribution is -0.138. The molecule has 3 rings (SSSR count). The van der Waals surface area contributed by atoms with E-state index in [0.717, 1.165) is 22.3 Å². The third-order valence-corrected chi connectivity index (χ3v) is 6.82. The summed E-state index contributed by atoms with van der Waals surface area (Å²) >= 11 is 0. The van der Waals surface area contributed by atoms with Crippen molar-refractivity contribution in [3.8, 4) is 11.1 Å². The maximum absolute atomic E-state index is 12.2. The van der Waals surface area contributed by atoms with E-state index >= 15 is 0 Å². The number of aliphatic hydroxyl groups excluding tert-OH is 1. The van der Waals surface area contributed by atoms with Gasteiger partial charge in [0.05, 0.1) is 6.61 Å². The minimum Gasteiger partial charge on any atom is -0.480 e. The Bertz CT molecular complexity index is 799. The first-order valence-corrected chi connectivity index (χ1v) is 11.3. The minimum atomic E-state index is -1.12. The molecule has 0 saturated heterocycles. The van der Waals surface area contributed by atoms with Crippen molar-refractivity contribution >= 4 is 33.7 Å². The molecule has 0 saturated carbocycles. The van der Waals surface area contributed by atoms with E-state index in [4.69, 9.17) is 9.84 Å². The predicted octanol–water partition coefficient (Wildman–Crippen LogP) is 3.35. The summed E-state index contributed by atoms with van der Waals surface area (Å²) < 4.78 is 5.38. The van der Waals surface area contributed by atoms with Gasteiger partial charge in [-0.15, -0.1) is 0 Å². The molecule has 1 atom stereocenters. The number of benzene rings is 2. The molecule has 6 nitrogen and oxygen atoms in total. The summed E-state index contributed by atoms with van der Waals surface area (Å²) in [6, 6.07) is 15.0. The van der Waals surface area contributed by atoms with Crippen molar-refractivity contribution in [1.82, 2.24) is 5.32 Å². The Morgan fingerprint density at radius 1 is 1.04 bits per heavy atom. The smallest absolute Gasteiger partial charge is 0.407 e. The molecule has 0 aliphatic heterocycles. The van der Waals surface area contributed by atoms with Crippen LogP contribution < -0.4 is 5.32 Å². The van der Waals surface area contributed by atoms with Crippen LogP contribution in [0.3, 0.4) is 0 Å². The van der Waals surface area contributed by atoms with Crippen LogP contribution in [0.5, 0.6) is 0 Å². The van der Waals surface area contributed by atoms with Crippen LogP contribution in [-0.4, -0.2) is 53.0 Å². The summed E-state index contributed by atoms with van der Waals surface area (Å²) in [6.07, 6.45) is -0.748. The van der Waals surface area contributed by atoms with E-state index in [1.807, 2.05) is 36.4 Å². The number of aliphatic hydroxyl groups is 1. The van der Waals surface area contributed by atoms with E-state index in [1.54, 1.807) is 0 Å². The lowest BCUT2D eigenvalue weighted by Gasteiger charge is -2.17. The average molecular weight is 420 g/mol. The van der Waals surface area contributed by atoms with E-state index in [0.29, 0.717) is 5.75 Å². The van der Waals surface area contributed by atoms with E-state index in [9.17, 15) is 14.7 Å². The largest absolute Gasteiger partial charge is 0.480 e. The lowest BCUT2D eigenvalue weighted by Crippen LogP contribution is -2.43. The maximum Gasteiger partial charge on any atom is 0.407 e. The Kier molecular flexibility index (Phi) is 7.24. The Hall–Kier alpha value is -2.16. The summed E-state index contributed by atoms with van der Waals surface area (Å²) in [5.74, 6) is -0.506. The fourth-order valence-corrected chi connectivity index (χ4v) is 5.09. The third-order valence-electron chi connectivity index (χ3n) is 4.43. The fraction of sp³-hybridized carbons (Fsp3) is 0.300. The normalized spacial score (nSPS) is 13.5. The fourth-order valence-electron chi connectivity index (χ4n) is 3.17. The van der Waals surface area contributed by atoms with Gasteiger partial charge in [-0.3, -0.25) is 0 Å². The number of carbonyl (C=O) groups is 2. The monoisotopic (exact) mass is 419 g/mol. The number of fused-ring (bicyclic) bond motifs is 3. The van der Waals surface area contributed by atoms with Gasteiger partial charge in [0, 0.05) is 17.4 Å². The number of hydrogen-bond acceptors (Lipinski definition) is 6. The van der Waals surface area contributed by atoms with Gasteiger partial charge in [0.2, 0.25) is 0 Å². The van der Waals surface area contributed by atoms with E-state index in [2.05, 4.69) is 17.4 Å². The lowest BCUT2D eigenvalue weighted by atomic mass is 9.98. The molecule has 0 fully saturated rings. The zero-order valence-corrected chi connectivity index (χ0v) is 16.7. The van der Waals surface area contributed by atoms with Crippen molar-refractivity contribution in [2.45, 2.75) is 12.0 Å². The van der Waals surface area contributed by atoms with Crippen molar-refractivity contribution in [3.05, 3.63) is 59.7 Å². The number of carbonyl (C=O) groups excluding carboxylic acids is 1. The van der Waals surface area contributed by atoms with Crippen LogP contribution in [-0.2, 0) is 9.53 Å². The third kappa shape index (κ3) is 4.81. The summed E-state index contributed by atoms with van der Waals surface area (Å²) in [6.45, 7) is 0.161. The Balaban J connectivity index is 1.60. The van der Waals surface area contributed by atoms with E-state index in [-0.39, 0.29) is 24.9 Å². The maximum atomic E-state index is 12.2. The molecule has 0 spiro atoms. The summed E-state index contributed by atoms with van der Waals surface area (Å²) in [4.78, 5) is 23.5. The zero-order chi connectivity index (χ0) is 19.9. The van der Waals surface area contributed by atoms with Gasteiger partial charge in [-0.2, -0.15) is 0 Å². The van der Waals surface area contributed by atoms with E-state index in [1.165, 1.54) is 21.6 Å². The highest BCUT2D eigenvalue weighted by Crippen LogP contribution is 2.44. The highest BCUT2D eigenvalue weighted by atomic mass is 33.1. The van der Waals surface area contributed by atoms with Crippen LogP contribution in [0.2, 0.25) is 0 Å². The Morgan fingerprint density at radius 3 is 2.21 bits per heavy atom. The first-order chi connectivity index (χ1) is 13.6. The van der Waals surface area contributed by atoms with Crippen LogP contribution in [0.15, 0.2) is 48.5 Å². The molecule has 1 aliphatic rings. The van der Waals surface area contributed by atoms with Crippen LogP contribution >= 0.6 is 21.6 Å². The second-order valence-corrected chi connectivity index (χ2v) is 8.82. The topological polar surface area (TPSA) is 95.9 Å². The Labute approximate surface area is 171 Å². The number of nitrogens with one attached hydrogen (secondary N) is 1. The second kappa shape index (κ2) is 9.86. The Morgan fingerprint density at radius 2 is 1.64 bits per heavy atom. The number of rotatable bonds is 9. The van der Waals surface area contributed by atoms with Crippen LogP contribution in [0.1, 0.15) is 17.0 Å². The molecule has 0 bridgehead atoms. The number of amides is 1. The van der Waals surface area contributed by atoms with Crippen molar-refractivity contribution < 1.29 is 24.5 Å². The van der Waals surface area contributed by atoms with Crippen molar-refractivity contribution in [1.29, 1.82) is 0 Å².